The maximum absolute atomic E-state index is 11.7. The maximum Gasteiger partial charge on any atom is 0.222 e. The molecule has 5 nitrogen and oxygen atoms in total. The largest absolute Gasteiger partial charge is 0.335 e. The first kappa shape index (κ1) is 12.1. The number of likely N-dealkylation sites (tertiary alicyclic amines) is 1. The Labute approximate surface area is 102 Å². The summed E-state index contributed by atoms with van der Waals surface area (Å²) in [7, 11) is 0. The summed E-state index contributed by atoms with van der Waals surface area (Å²) in [6.07, 6.45) is 6.64. The van der Waals surface area contributed by atoms with Gasteiger partial charge in [0.1, 0.15) is 12.2 Å². The quantitative estimate of drug-likeness (QED) is 0.780. The highest BCUT2D eigenvalue weighted by Crippen LogP contribution is 2.13. The Morgan fingerprint density at radius 2 is 2.29 bits per heavy atom. The minimum atomic E-state index is 0.251. The number of carbonyl (C=O) groups excluding carboxylic acids is 1. The SMILES string of the molecule is CCCCn1ncnc1CN1CCCCC1=O. The van der Waals surface area contributed by atoms with Gasteiger partial charge in [0, 0.05) is 19.5 Å². The molecular weight excluding hydrogens is 216 g/mol. The highest BCUT2D eigenvalue weighted by Gasteiger charge is 2.19. The van der Waals surface area contributed by atoms with Gasteiger partial charge in [-0.2, -0.15) is 5.10 Å². The van der Waals surface area contributed by atoms with Crippen molar-refractivity contribution in [2.45, 2.75) is 52.1 Å². The monoisotopic (exact) mass is 236 g/mol. The summed E-state index contributed by atoms with van der Waals surface area (Å²) >= 11 is 0. The Morgan fingerprint density at radius 1 is 1.41 bits per heavy atom. The van der Waals surface area contributed by atoms with Crippen LogP contribution in [0.5, 0.6) is 0 Å². The van der Waals surface area contributed by atoms with E-state index >= 15 is 0 Å². The lowest BCUT2D eigenvalue weighted by molar-refractivity contribution is -0.134. The fraction of sp³-hybridized carbons (Fsp3) is 0.750. The van der Waals surface area contributed by atoms with Crippen LogP contribution in [0.3, 0.4) is 0 Å². The van der Waals surface area contributed by atoms with Gasteiger partial charge in [-0.3, -0.25) is 4.79 Å². The van der Waals surface area contributed by atoms with Crippen molar-refractivity contribution in [2.24, 2.45) is 0 Å². The van der Waals surface area contributed by atoms with E-state index in [0.717, 1.165) is 44.6 Å². The zero-order valence-electron chi connectivity index (χ0n) is 10.4. The second kappa shape index (κ2) is 5.80. The first-order valence-corrected chi connectivity index (χ1v) is 6.45. The Bertz CT molecular complexity index is 374. The van der Waals surface area contributed by atoms with E-state index in [2.05, 4.69) is 17.0 Å². The van der Waals surface area contributed by atoms with Crippen LogP contribution in [0.1, 0.15) is 44.9 Å². The molecule has 0 unspecified atom stereocenters. The number of aryl methyl sites for hydroxylation is 1. The zero-order chi connectivity index (χ0) is 12.1. The van der Waals surface area contributed by atoms with Crippen molar-refractivity contribution in [1.29, 1.82) is 0 Å². The number of piperidine rings is 1. The summed E-state index contributed by atoms with van der Waals surface area (Å²) in [4.78, 5) is 17.9. The molecule has 17 heavy (non-hydrogen) atoms. The Balaban J connectivity index is 1.97. The van der Waals surface area contributed by atoms with E-state index in [9.17, 15) is 4.79 Å². The van der Waals surface area contributed by atoms with Crippen molar-refractivity contribution < 1.29 is 4.79 Å². The van der Waals surface area contributed by atoms with Crippen LogP contribution in [0, 0.1) is 0 Å². The summed E-state index contributed by atoms with van der Waals surface area (Å²) in [5, 5.41) is 4.21. The Kier molecular flexibility index (Phi) is 4.12. The van der Waals surface area contributed by atoms with Crippen molar-refractivity contribution >= 4 is 5.91 Å². The molecule has 0 aliphatic carbocycles. The molecule has 0 spiro atoms. The van der Waals surface area contributed by atoms with Crippen LogP contribution in [-0.2, 0) is 17.9 Å². The molecule has 1 aromatic heterocycles. The molecule has 1 saturated heterocycles. The van der Waals surface area contributed by atoms with Gasteiger partial charge in [-0.25, -0.2) is 9.67 Å². The Hall–Kier alpha value is -1.39. The topological polar surface area (TPSA) is 51.0 Å². The average molecular weight is 236 g/mol. The van der Waals surface area contributed by atoms with Gasteiger partial charge in [0.15, 0.2) is 0 Å². The summed E-state index contributed by atoms with van der Waals surface area (Å²) in [6.45, 7) is 4.53. The summed E-state index contributed by atoms with van der Waals surface area (Å²) < 4.78 is 1.92. The minimum absolute atomic E-state index is 0.251. The number of nitrogens with zero attached hydrogens (tertiary/aromatic N) is 4. The normalized spacial score (nSPS) is 16.5. The van der Waals surface area contributed by atoms with Gasteiger partial charge < -0.3 is 4.90 Å². The predicted molar refractivity (Wildman–Crippen MR) is 64.2 cm³/mol. The van der Waals surface area contributed by atoms with Crippen LogP contribution < -0.4 is 0 Å². The van der Waals surface area contributed by atoms with E-state index in [4.69, 9.17) is 0 Å². The van der Waals surface area contributed by atoms with Crippen LogP contribution in [0.4, 0.5) is 0 Å². The van der Waals surface area contributed by atoms with Gasteiger partial charge in [0.05, 0.1) is 6.54 Å². The second-order valence-corrected chi connectivity index (χ2v) is 4.53. The van der Waals surface area contributed by atoms with E-state index in [-0.39, 0.29) is 5.91 Å². The molecule has 1 fully saturated rings. The number of aromatic nitrogens is 3. The third-order valence-electron chi connectivity index (χ3n) is 3.17. The minimum Gasteiger partial charge on any atom is -0.335 e. The molecule has 5 heteroatoms. The van der Waals surface area contributed by atoms with E-state index in [1.165, 1.54) is 0 Å². The van der Waals surface area contributed by atoms with Crippen LogP contribution >= 0.6 is 0 Å². The van der Waals surface area contributed by atoms with Crippen LogP contribution in [0.25, 0.3) is 0 Å². The molecule has 2 rings (SSSR count). The predicted octanol–water partition coefficient (Wildman–Crippen LogP) is 1.59. The van der Waals surface area contributed by atoms with E-state index in [1.54, 1.807) is 6.33 Å². The van der Waals surface area contributed by atoms with Crippen LogP contribution in [-0.4, -0.2) is 32.1 Å². The maximum atomic E-state index is 11.7. The average Bonchev–Trinajstić information content (AvgIpc) is 2.77. The van der Waals surface area contributed by atoms with E-state index in [0.29, 0.717) is 13.0 Å². The second-order valence-electron chi connectivity index (χ2n) is 4.53. The summed E-state index contributed by atoms with van der Waals surface area (Å²) in [6, 6.07) is 0. The van der Waals surface area contributed by atoms with Crippen molar-refractivity contribution in [3.63, 3.8) is 0 Å². The van der Waals surface area contributed by atoms with Crippen molar-refractivity contribution in [3.8, 4) is 0 Å². The first-order chi connectivity index (χ1) is 8.31. The molecule has 0 radical (unpaired) electrons. The molecule has 1 aromatic rings. The number of amides is 1. The highest BCUT2D eigenvalue weighted by molar-refractivity contribution is 5.76. The van der Waals surface area contributed by atoms with Gasteiger partial charge >= 0.3 is 0 Å². The third-order valence-corrected chi connectivity index (χ3v) is 3.17. The summed E-state index contributed by atoms with van der Waals surface area (Å²) in [5.41, 5.74) is 0. The Morgan fingerprint density at radius 3 is 3.06 bits per heavy atom. The molecule has 0 N–H and O–H groups in total. The lowest BCUT2D eigenvalue weighted by atomic mass is 10.1. The van der Waals surface area contributed by atoms with Gasteiger partial charge in [0.2, 0.25) is 5.91 Å². The number of hydrogen-bond acceptors (Lipinski definition) is 3. The molecule has 1 amide bonds. The molecule has 0 atom stereocenters. The number of hydrogen-bond donors (Lipinski definition) is 0. The molecular formula is C12H20N4O. The molecule has 1 aliphatic heterocycles. The fourth-order valence-corrected chi connectivity index (χ4v) is 2.10. The van der Waals surface area contributed by atoms with Gasteiger partial charge in [-0.05, 0) is 19.3 Å². The van der Waals surface area contributed by atoms with Crippen molar-refractivity contribution in [1.82, 2.24) is 19.7 Å². The molecule has 94 valence electrons. The standard InChI is InChI=1S/C12H20N4O/c1-2-3-8-16-11(13-10-14-16)9-15-7-5-4-6-12(15)17/h10H,2-9H2,1H3. The fourth-order valence-electron chi connectivity index (χ4n) is 2.10. The van der Waals surface area contributed by atoms with E-state index in [1.807, 2.05) is 9.58 Å². The number of rotatable bonds is 5. The molecule has 0 bridgehead atoms. The molecule has 2 heterocycles. The lowest BCUT2D eigenvalue weighted by Gasteiger charge is -2.26. The lowest BCUT2D eigenvalue weighted by Crippen LogP contribution is -2.35. The van der Waals surface area contributed by atoms with Gasteiger partial charge in [-0.15, -0.1) is 0 Å². The summed E-state index contributed by atoms with van der Waals surface area (Å²) in [5.74, 6) is 1.16. The first-order valence-electron chi connectivity index (χ1n) is 6.45. The van der Waals surface area contributed by atoms with Crippen molar-refractivity contribution in [2.75, 3.05) is 6.54 Å². The van der Waals surface area contributed by atoms with Crippen LogP contribution in [0.15, 0.2) is 6.33 Å². The van der Waals surface area contributed by atoms with E-state index < -0.39 is 0 Å². The number of carbonyl (C=O) groups is 1. The van der Waals surface area contributed by atoms with Gasteiger partial charge in [-0.1, -0.05) is 13.3 Å². The zero-order valence-corrected chi connectivity index (χ0v) is 10.4. The van der Waals surface area contributed by atoms with Crippen molar-refractivity contribution in [3.05, 3.63) is 12.2 Å². The molecule has 1 aliphatic rings. The molecule has 0 saturated carbocycles. The third kappa shape index (κ3) is 3.05. The van der Waals surface area contributed by atoms with Gasteiger partial charge in [0.25, 0.3) is 0 Å². The smallest absolute Gasteiger partial charge is 0.222 e. The molecule has 0 aromatic carbocycles. The number of unbranched alkanes of at least 4 members (excludes halogenated alkanes) is 1. The highest BCUT2D eigenvalue weighted by atomic mass is 16.2. The van der Waals surface area contributed by atoms with Crippen LogP contribution in [0.2, 0.25) is 0 Å².